The van der Waals surface area contributed by atoms with Crippen molar-refractivity contribution in [3.8, 4) is 0 Å². The van der Waals surface area contributed by atoms with Crippen LogP contribution in [0, 0.1) is 0 Å². The molecule has 0 saturated carbocycles. The second-order valence-corrected chi connectivity index (χ2v) is 4.03. The molecule has 102 valence electrons. The molecule has 7 nitrogen and oxygen atoms in total. The number of ether oxygens (including phenoxy) is 3. The minimum Gasteiger partial charge on any atom is -0.457 e. The van der Waals surface area contributed by atoms with Crippen LogP contribution in [0.4, 0.5) is 0 Å². The van der Waals surface area contributed by atoms with Gasteiger partial charge in [0.1, 0.15) is 0 Å². The van der Waals surface area contributed by atoms with Crippen LogP contribution in [0.2, 0.25) is 0 Å². The van der Waals surface area contributed by atoms with Gasteiger partial charge in [-0.25, -0.2) is 0 Å². The van der Waals surface area contributed by atoms with Crippen molar-refractivity contribution in [3.05, 3.63) is 0 Å². The van der Waals surface area contributed by atoms with Crippen molar-refractivity contribution in [1.29, 1.82) is 0 Å². The van der Waals surface area contributed by atoms with E-state index >= 15 is 0 Å². The third kappa shape index (κ3) is 4.33. The Kier molecular flexibility index (Phi) is 5.08. The fraction of sp³-hybridized carbons (Fsp3) is 0.727. The number of esters is 3. The number of carbonyl (C=O) groups is 3. The molecule has 0 bridgehead atoms. The van der Waals surface area contributed by atoms with E-state index in [9.17, 15) is 14.4 Å². The smallest absolute Gasteiger partial charge is 0.303 e. The highest BCUT2D eigenvalue weighted by Crippen LogP contribution is 2.16. The first kappa shape index (κ1) is 14.4. The van der Waals surface area contributed by atoms with Gasteiger partial charge in [0, 0.05) is 33.9 Å². The van der Waals surface area contributed by atoms with Gasteiger partial charge in [-0.3, -0.25) is 14.4 Å². The maximum absolute atomic E-state index is 11.1. The highest BCUT2D eigenvalue weighted by molar-refractivity contribution is 5.68. The monoisotopic (exact) mass is 259 g/mol. The molecular weight excluding hydrogens is 242 g/mol. The lowest BCUT2D eigenvalue weighted by Gasteiger charge is -2.36. The van der Waals surface area contributed by atoms with Crippen LogP contribution in [0.5, 0.6) is 0 Å². The van der Waals surface area contributed by atoms with Crippen molar-refractivity contribution in [3.63, 3.8) is 0 Å². The molecule has 0 aliphatic carbocycles. The molecule has 2 unspecified atom stereocenters. The fourth-order valence-corrected chi connectivity index (χ4v) is 1.83. The second-order valence-electron chi connectivity index (χ2n) is 4.03. The van der Waals surface area contributed by atoms with Gasteiger partial charge in [-0.1, -0.05) is 0 Å². The molecule has 0 radical (unpaired) electrons. The highest BCUT2D eigenvalue weighted by atomic mass is 16.6. The van der Waals surface area contributed by atoms with E-state index in [1.165, 1.54) is 20.8 Å². The van der Waals surface area contributed by atoms with E-state index in [1.54, 1.807) is 0 Å². The lowest BCUT2D eigenvalue weighted by Crippen LogP contribution is -2.57. The van der Waals surface area contributed by atoms with Crippen molar-refractivity contribution >= 4 is 17.9 Å². The van der Waals surface area contributed by atoms with Crippen molar-refractivity contribution in [2.24, 2.45) is 0 Å². The van der Waals surface area contributed by atoms with Gasteiger partial charge >= 0.3 is 17.9 Å². The summed E-state index contributed by atoms with van der Waals surface area (Å²) in [6.45, 7) is 4.46. The summed E-state index contributed by atoms with van der Waals surface area (Å²) < 4.78 is 15.2. The zero-order valence-corrected chi connectivity index (χ0v) is 10.6. The first-order valence-electron chi connectivity index (χ1n) is 5.62. The van der Waals surface area contributed by atoms with E-state index in [0.717, 1.165) is 0 Å². The summed E-state index contributed by atoms with van der Waals surface area (Å²) in [6, 6.07) is 0. The van der Waals surface area contributed by atoms with Crippen LogP contribution in [0.25, 0.3) is 0 Å². The number of nitrogens with one attached hydrogen (secondary N) is 1. The Labute approximate surface area is 105 Å². The normalized spacial score (nSPS) is 27.2. The molecule has 0 spiro atoms. The van der Waals surface area contributed by atoms with Crippen LogP contribution in [0.3, 0.4) is 0 Å². The highest BCUT2D eigenvalue weighted by Gasteiger charge is 2.39. The molecule has 1 fully saturated rings. The third-order valence-electron chi connectivity index (χ3n) is 2.36. The number of piperidine rings is 1. The molecule has 1 saturated heterocycles. The molecule has 18 heavy (non-hydrogen) atoms. The van der Waals surface area contributed by atoms with Crippen LogP contribution >= 0.6 is 0 Å². The summed E-state index contributed by atoms with van der Waals surface area (Å²) in [4.78, 5) is 33.0. The van der Waals surface area contributed by atoms with Gasteiger partial charge < -0.3 is 19.5 Å². The quantitative estimate of drug-likeness (QED) is 0.533. The molecule has 1 aliphatic heterocycles. The molecule has 1 N–H and O–H groups in total. The van der Waals surface area contributed by atoms with Gasteiger partial charge in [0.2, 0.25) is 0 Å². The van der Waals surface area contributed by atoms with Gasteiger partial charge in [-0.05, 0) is 0 Å². The molecule has 1 heterocycles. The van der Waals surface area contributed by atoms with E-state index in [0.29, 0.717) is 13.1 Å². The van der Waals surface area contributed by atoms with Crippen LogP contribution in [-0.2, 0) is 28.6 Å². The molecule has 0 aromatic heterocycles. The summed E-state index contributed by atoms with van der Waals surface area (Å²) >= 11 is 0. The lowest BCUT2D eigenvalue weighted by molar-refractivity contribution is -0.186. The number of hydrogen-bond donors (Lipinski definition) is 1. The Morgan fingerprint density at radius 3 is 1.56 bits per heavy atom. The zero-order chi connectivity index (χ0) is 13.7. The predicted octanol–water partition coefficient (Wildman–Crippen LogP) is -0.615. The van der Waals surface area contributed by atoms with E-state index < -0.39 is 36.2 Å². The average molecular weight is 259 g/mol. The summed E-state index contributed by atoms with van der Waals surface area (Å²) in [5, 5.41) is 2.95. The SMILES string of the molecule is CC(=O)OC1CNCC(OC(C)=O)C1OC(C)=O. The number of rotatable bonds is 3. The Balaban J connectivity index is 2.78. The van der Waals surface area contributed by atoms with E-state index in [1.807, 2.05) is 0 Å². The first-order valence-corrected chi connectivity index (χ1v) is 5.62. The largest absolute Gasteiger partial charge is 0.457 e. The van der Waals surface area contributed by atoms with Gasteiger partial charge in [0.25, 0.3) is 0 Å². The van der Waals surface area contributed by atoms with E-state index in [-0.39, 0.29) is 0 Å². The molecule has 2 atom stereocenters. The summed E-state index contributed by atoms with van der Waals surface area (Å²) in [5.41, 5.74) is 0. The molecule has 1 aliphatic rings. The fourth-order valence-electron chi connectivity index (χ4n) is 1.83. The Morgan fingerprint density at radius 1 is 0.833 bits per heavy atom. The number of hydrogen-bond acceptors (Lipinski definition) is 7. The van der Waals surface area contributed by atoms with E-state index in [2.05, 4.69) is 5.32 Å². The second kappa shape index (κ2) is 6.34. The number of carbonyl (C=O) groups excluding carboxylic acids is 3. The molecule has 7 heteroatoms. The predicted molar refractivity (Wildman–Crippen MR) is 59.5 cm³/mol. The minimum absolute atomic E-state index is 0.343. The molecule has 0 amide bonds. The topological polar surface area (TPSA) is 90.9 Å². The molecule has 0 aromatic rings. The zero-order valence-electron chi connectivity index (χ0n) is 10.6. The minimum atomic E-state index is -0.781. The molecular formula is C11H17NO6. The Morgan fingerprint density at radius 2 is 1.22 bits per heavy atom. The van der Waals surface area contributed by atoms with Gasteiger partial charge in [0.05, 0.1) is 0 Å². The van der Waals surface area contributed by atoms with Crippen molar-refractivity contribution in [2.45, 2.75) is 39.1 Å². The van der Waals surface area contributed by atoms with E-state index in [4.69, 9.17) is 14.2 Å². The third-order valence-corrected chi connectivity index (χ3v) is 2.36. The van der Waals surface area contributed by atoms with Crippen LogP contribution in [-0.4, -0.2) is 49.3 Å². The summed E-state index contributed by atoms with van der Waals surface area (Å²) in [6.07, 6.45) is -2.11. The van der Waals surface area contributed by atoms with Gasteiger partial charge in [-0.15, -0.1) is 0 Å². The van der Waals surface area contributed by atoms with Gasteiger partial charge in [0.15, 0.2) is 18.3 Å². The first-order chi connectivity index (χ1) is 8.40. The maximum atomic E-state index is 11.1. The van der Waals surface area contributed by atoms with Crippen molar-refractivity contribution in [1.82, 2.24) is 5.32 Å². The van der Waals surface area contributed by atoms with Crippen LogP contribution in [0.1, 0.15) is 20.8 Å². The average Bonchev–Trinajstić information content (AvgIpc) is 2.20. The molecule has 0 aromatic carbocycles. The summed E-state index contributed by atoms with van der Waals surface area (Å²) in [5.74, 6) is -1.49. The van der Waals surface area contributed by atoms with Crippen LogP contribution < -0.4 is 5.32 Å². The van der Waals surface area contributed by atoms with Crippen molar-refractivity contribution < 1.29 is 28.6 Å². The lowest BCUT2D eigenvalue weighted by atomic mass is 10.0. The molecule has 1 rings (SSSR count). The maximum Gasteiger partial charge on any atom is 0.303 e. The van der Waals surface area contributed by atoms with Crippen LogP contribution in [0.15, 0.2) is 0 Å². The Bertz CT molecular complexity index is 318. The summed E-state index contributed by atoms with van der Waals surface area (Å²) in [7, 11) is 0. The van der Waals surface area contributed by atoms with Gasteiger partial charge in [-0.2, -0.15) is 0 Å². The van der Waals surface area contributed by atoms with Crippen molar-refractivity contribution in [2.75, 3.05) is 13.1 Å². The Hall–Kier alpha value is -1.63. The standard InChI is InChI=1S/C11H17NO6/c1-6(13)16-9-4-12-5-10(17-7(2)14)11(9)18-8(3)15/h9-12H,4-5H2,1-3H3.